The Balaban J connectivity index is 2.47. The molecule has 3 nitrogen and oxygen atoms in total. The number of aromatic hydroxyl groups is 1. The maximum atomic E-state index is 12.4. The van der Waals surface area contributed by atoms with Gasteiger partial charge in [-0.05, 0) is 30.5 Å². The SMILES string of the molecule is Cc1cc(CCO)cc(C(=O)c2ccccc2)c1O. The minimum atomic E-state index is -0.207. The molecule has 0 radical (unpaired) electrons. The summed E-state index contributed by atoms with van der Waals surface area (Å²) in [5, 5.41) is 19.0. The summed E-state index contributed by atoms with van der Waals surface area (Å²) in [6.07, 6.45) is 0.468. The van der Waals surface area contributed by atoms with Gasteiger partial charge in [0.1, 0.15) is 5.75 Å². The van der Waals surface area contributed by atoms with Crippen LogP contribution in [0, 0.1) is 6.92 Å². The smallest absolute Gasteiger partial charge is 0.196 e. The molecule has 0 amide bonds. The molecule has 0 aliphatic heterocycles. The lowest BCUT2D eigenvalue weighted by Crippen LogP contribution is -2.04. The lowest BCUT2D eigenvalue weighted by molar-refractivity contribution is 0.103. The third-order valence-corrected chi connectivity index (χ3v) is 3.04. The predicted octanol–water partition coefficient (Wildman–Crippen LogP) is 2.47. The van der Waals surface area contributed by atoms with Crippen molar-refractivity contribution in [2.45, 2.75) is 13.3 Å². The molecule has 0 aliphatic rings. The van der Waals surface area contributed by atoms with Crippen LogP contribution >= 0.6 is 0 Å². The Morgan fingerprint density at radius 1 is 1.16 bits per heavy atom. The Labute approximate surface area is 112 Å². The van der Waals surface area contributed by atoms with Crippen molar-refractivity contribution < 1.29 is 15.0 Å². The second-order valence-electron chi connectivity index (χ2n) is 4.48. The van der Waals surface area contributed by atoms with Crippen LogP contribution in [0.1, 0.15) is 27.0 Å². The lowest BCUT2D eigenvalue weighted by Gasteiger charge is -2.09. The maximum Gasteiger partial charge on any atom is 0.196 e. The molecule has 0 heterocycles. The Kier molecular flexibility index (Phi) is 3.97. The molecular weight excluding hydrogens is 240 g/mol. The van der Waals surface area contributed by atoms with Crippen LogP contribution in [0.5, 0.6) is 5.75 Å². The number of carbonyl (C=O) groups excluding carboxylic acids is 1. The van der Waals surface area contributed by atoms with Gasteiger partial charge >= 0.3 is 0 Å². The van der Waals surface area contributed by atoms with Crippen molar-refractivity contribution in [2.24, 2.45) is 0 Å². The van der Waals surface area contributed by atoms with Gasteiger partial charge in [-0.15, -0.1) is 0 Å². The zero-order valence-corrected chi connectivity index (χ0v) is 10.8. The molecule has 3 heteroatoms. The van der Waals surface area contributed by atoms with Crippen LogP contribution in [-0.2, 0) is 6.42 Å². The highest BCUT2D eigenvalue weighted by atomic mass is 16.3. The van der Waals surface area contributed by atoms with Gasteiger partial charge in [0.2, 0.25) is 0 Å². The van der Waals surface area contributed by atoms with E-state index in [2.05, 4.69) is 0 Å². The molecular formula is C16H16O3. The number of hydrogen-bond donors (Lipinski definition) is 2. The average molecular weight is 256 g/mol. The zero-order valence-electron chi connectivity index (χ0n) is 10.8. The molecule has 2 aromatic rings. The second-order valence-corrected chi connectivity index (χ2v) is 4.48. The van der Waals surface area contributed by atoms with Crippen molar-refractivity contribution in [1.82, 2.24) is 0 Å². The molecule has 2 rings (SSSR count). The van der Waals surface area contributed by atoms with Crippen LogP contribution in [0.3, 0.4) is 0 Å². The normalized spacial score (nSPS) is 10.4. The van der Waals surface area contributed by atoms with Crippen LogP contribution in [0.25, 0.3) is 0 Å². The van der Waals surface area contributed by atoms with E-state index < -0.39 is 0 Å². The summed E-state index contributed by atoms with van der Waals surface area (Å²) >= 11 is 0. The van der Waals surface area contributed by atoms with Crippen LogP contribution in [0.2, 0.25) is 0 Å². The van der Waals surface area contributed by atoms with Crippen LogP contribution < -0.4 is 0 Å². The van der Waals surface area contributed by atoms with Gasteiger partial charge in [-0.2, -0.15) is 0 Å². The van der Waals surface area contributed by atoms with E-state index in [0.717, 1.165) is 5.56 Å². The first-order chi connectivity index (χ1) is 9.13. The molecule has 2 N–H and O–H groups in total. The van der Waals surface area contributed by atoms with Crippen molar-refractivity contribution in [3.8, 4) is 5.75 Å². The van der Waals surface area contributed by atoms with E-state index in [1.807, 2.05) is 6.07 Å². The first kappa shape index (κ1) is 13.3. The monoisotopic (exact) mass is 256 g/mol. The number of phenols is 1. The van der Waals surface area contributed by atoms with Crippen LogP contribution in [-0.4, -0.2) is 22.6 Å². The maximum absolute atomic E-state index is 12.4. The minimum Gasteiger partial charge on any atom is -0.507 e. The number of phenolic OH excluding ortho intramolecular Hbond substituents is 1. The summed E-state index contributed by atoms with van der Waals surface area (Å²) in [4.78, 5) is 12.4. The van der Waals surface area contributed by atoms with Crippen LogP contribution in [0.15, 0.2) is 42.5 Å². The van der Waals surface area contributed by atoms with Gasteiger partial charge in [-0.25, -0.2) is 0 Å². The molecule has 0 bridgehead atoms. The second kappa shape index (κ2) is 5.67. The summed E-state index contributed by atoms with van der Waals surface area (Å²) in [6, 6.07) is 12.3. The summed E-state index contributed by atoms with van der Waals surface area (Å²) in [7, 11) is 0. The van der Waals surface area contributed by atoms with E-state index in [-0.39, 0.29) is 23.7 Å². The number of aliphatic hydroxyl groups is 1. The average Bonchev–Trinajstić information content (AvgIpc) is 2.43. The van der Waals surface area contributed by atoms with Crippen molar-refractivity contribution in [1.29, 1.82) is 0 Å². The van der Waals surface area contributed by atoms with E-state index in [0.29, 0.717) is 17.5 Å². The Hall–Kier alpha value is -2.13. The Morgan fingerprint density at radius 2 is 1.84 bits per heavy atom. The molecule has 19 heavy (non-hydrogen) atoms. The van der Waals surface area contributed by atoms with E-state index >= 15 is 0 Å². The van der Waals surface area contributed by atoms with E-state index in [1.54, 1.807) is 43.3 Å². The molecule has 0 unspecified atom stereocenters. The topological polar surface area (TPSA) is 57.5 Å². The van der Waals surface area contributed by atoms with Gasteiger partial charge in [0.05, 0.1) is 5.56 Å². The fraction of sp³-hybridized carbons (Fsp3) is 0.188. The Bertz CT molecular complexity index is 588. The predicted molar refractivity (Wildman–Crippen MR) is 73.5 cm³/mol. The molecule has 2 aromatic carbocycles. The van der Waals surface area contributed by atoms with E-state index in [9.17, 15) is 9.90 Å². The highest BCUT2D eigenvalue weighted by Gasteiger charge is 2.16. The van der Waals surface area contributed by atoms with Gasteiger partial charge in [-0.3, -0.25) is 4.79 Å². The summed E-state index contributed by atoms with van der Waals surface area (Å²) < 4.78 is 0. The Morgan fingerprint density at radius 3 is 2.47 bits per heavy atom. The van der Waals surface area contributed by atoms with Crippen molar-refractivity contribution in [3.63, 3.8) is 0 Å². The third kappa shape index (κ3) is 2.83. The highest BCUT2D eigenvalue weighted by Crippen LogP contribution is 2.26. The number of benzene rings is 2. The number of aryl methyl sites for hydroxylation is 1. The number of aliphatic hydroxyl groups excluding tert-OH is 1. The third-order valence-electron chi connectivity index (χ3n) is 3.04. The number of carbonyl (C=O) groups is 1. The molecule has 0 fully saturated rings. The van der Waals surface area contributed by atoms with E-state index in [1.165, 1.54) is 0 Å². The van der Waals surface area contributed by atoms with Gasteiger partial charge in [0, 0.05) is 12.2 Å². The lowest BCUT2D eigenvalue weighted by atomic mass is 9.97. The van der Waals surface area contributed by atoms with Gasteiger partial charge in [0.25, 0.3) is 0 Å². The van der Waals surface area contributed by atoms with Gasteiger partial charge < -0.3 is 10.2 Å². The highest BCUT2D eigenvalue weighted by molar-refractivity contribution is 6.10. The summed E-state index contributed by atoms with van der Waals surface area (Å²) in [5.41, 5.74) is 2.32. The summed E-state index contributed by atoms with van der Waals surface area (Å²) in [5.74, 6) is -0.198. The number of ketones is 1. The fourth-order valence-electron chi connectivity index (χ4n) is 2.05. The fourth-order valence-corrected chi connectivity index (χ4v) is 2.05. The van der Waals surface area contributed by atoms with Crippen molar-refractivity contribution in [3.05, 3.63) is 64.7 Å². The summed E-state index contributed by atoms with van der Waals surface area (Å²) in [6.45, 7) is 1.77. The molecule has 0 aliphatic carbocycles. The standard InChI is InChI=1S/C16H16O3/c1-11-9-12(7-8-17)10-14(15(11)18)16(19)13-5-3-2-4-6-13/h2-6,9-10,17-18H,7-8H2,1H3. The largest absolute Gasteiger partial charge is 0.507 e. The quantitative estimate of drug-likeness (QED) is 0.826. The van der Waals surface area contributed by atoms with Gasteiger partial charge in [-0.1, -0.05) is 36.4 Å². The van der Waals surface area contributed by atoms with Crippen LogP contribution in [0.4, 0.5) is 0 Å². The van der Waals surface area contributed by atoms with Crippen molar-refractivity contribution >= 4 is 5.78 Å². The molecule has 0 saturated carbocycles. The first-order valence-electron chi connectivity index (χ1n) is 6.16. The van der Waals surface area contributed by atoms with Crippen molar-refractivity contribution in [2.75, 3.05) is 6.61 Å². The molecule has 0 aromatic heterocycles. The molecule has 98 valence electrons. The molecule has 0 atom stereocenters. The molecule has 0 saturated heterocycles. The number of rotatable bonds is 4. The van der Waals surface area contributed by atoms with Gasteiger partial charge in [0.15, 0.2) is 5.78 Å². The molecule has 0 spiro atoms. The zero-order chi connectivity index (χ0) is 13.8. The number of hydrogen-bond acceptors (Lipinski definition) is 3. The first-order valence-corrected chi connectivity index (χ1v) is 6.16. The minimum absolute atomic E-state index is 0.00976. The van der Waals surface area contributed by atoms with E-state index in [4.69, 9.17) is 5.11 Å².